The second kappa shape index (κ2) is 8.49. The molecule has 1 heterocycles. The molecule has 0 spiro atoms. The molecular weight excluding hydrogens is 371 g/mol. The molecule has 0 radical (unpaired) electrons. The highest BCUT2D eigenvalue weighted by atomic mass is 32.2. The number of benzene rings is 2. The van der Waals surface area contributed by atoms with Gasteiger partial charge in [-0.25, -0.2) is 17.6 Å². The molecule has 0 bridgehead atoms. The third-order valence-corrected chi connectivity index (χ3v) is 6.11. The van der Waals surface area contributed by atoms with Gasteiger partial charge in [0, 0.05) is 18.8 Å². The van der Waals surface area contributed by atoms with E-state index in [4.69, 9.17) is 4.74 Å². The van der Waals surface area contributed by atoms with Crippen molar-refractivity contribution >= 4 is 21.6 Å². The van der Waals surface area contributed by atoms with Crippen molar-refractivity contribution in [3.8, 4) is 0 Å². The summed E-state index contributed by atoms with van der Waals surface area (Å²) in [5.74, 6) is -0.501. The number of rotatable bonds is 6. The number of ether oxygens (including phenoxy) is 1. The highest BCUT2D eigenvalue weighted by Crippen LogP contribution is 2.22. The van der Waals surface area contributed by atoms with Crippen LogP contribution in [0.25, 0.3) is 0 Å². The monoisotopic (exact) mass is 392 g/mol. The quantitative estimate of drug-likeness (QED) is 0.739. The third kappa shape index (κ3) is 5.05. The van der Waals surface area contributed by atoms with Crippen LogP contribution in [0.5, 0.6) is 0 Å². The van der Waals surface area contributed by atoms with E-state index < -0.39 is 15.7 Å². The second-order valence-electron chi connectivity index (χ2n) is 6.29. The first kappa shape index (κ1) is 19.3. The average molecular weight is 392 g/mol. The first-order chi connectivity index (χ1) is 12.9. The van der Waals surface area contributed by atoms with Crippen LogP contribution in [0.1, 0.15) is 19.3 Å². The fraction of sp³-hybridized carbons (Fsp3) is 0.316. The smallest absolute Gasteiger partial charge is 0.319 e. The summed E-state index contributed by atoms with van der Waals surface area (Å²) >= 11 is 0. The van der Waals surface area contributed by atoms with Crippen molar-refractivity contribution in [1.82, 2.24) is 5.32 Å². The van der Waals surface area contributed by atoms with Gasteiger partial charge in [0.05, 0.1) is 15.9 Å². The van der Waals surface area contributed by atoms with E-state index in [2.05, 4.69) is 10.6 Å². The maximum Gasteiger partial charge on any atom is 0.319 e. The zero-order valence-corrected chi connectivity index (χ0v) is 15.5. The normalized spacial score (nSPS) is 16.9. The molecule has 0 saturated carbocycles. The summed E-state index contributed by atoms with van der Waals surface area (Å²) < 4.78 is 43.5. The highest BCUT2D eigenvalue weighted by molar-refractivity contribution is 7.91. The van der Waals surface area contributed by atoms with Crippen LogP contribution in [-0.2, 0) is 14.6 Å². The lowest BCUT2D eigenvalue weighted by Gasteiger charge is -2.11. The van der Waals surface area contributed by atoms with Crippen LogP contribution in [0, 0.1) is 5.82 Å². The Labute approximate surface area is 157 Å². The first-order valence-corrected chi connectivity index (χ1v) is 10.2. The Morgan fingerprint density at radius 1 is 1.07 bits per heavy atom. The minimum Gasteiger partial charge on any atom is -0.378 e. The van der Waals surface area contributed by atoms with Gasteiger partial charge < -0.3 is 15.4 Å². The number of halogens is 1. The molecule has 1 aliphatic rings. The molecule has 6 nitrogen and oxygen atoms in total. The minimum atomic E-state index is -3.73. The van der Waals surface area contributed by atoms with Crippen molar-refractivity contribution in [2.75, 3.05) is 18.5 Å². The second-order valence-corrected chi connectivity index (χ2v) is 8.24. The molecule has 0 aromatic heterocycles. The van der Waals surface area contributed by atoms with Crippen molar-refractivity contribution in [2.45, 2.75) is 35.2 Å². The topological polar surface area (TPSA) is 84.5 Å². The maximum absolute atomic E-state index is 13.0. The molecule has 0 aliphatic carbocycles. The molecule has 2 N–H and O–H groups in total. The van der Waals surface area contributed by atoms with Crippen LogP contribution in [0.2, 0.25) is 0 Å². The van der Waals surface area contributed by atoms with Crippen molar-refractivity contribution in [1.29, 1.82) is 0 Å². The lowest BCUT2D eigenvalue weighted by atomic mass is 10.2. The Kier molecular flexibility index (Phi) is 6.08. The summed E-state index contributed by atoms with van der Waals surface area (Å²) in [7, 11) is -3.73. The van der Waals surface area contributed by atoms with Crippen LogP contribution in [-0.4, -0.2) is 33.7 Å². The number of sulfone groups is 1. The molecule has 2 aromatic rings. The van der Waals surface area contributed by atoms with Crippen LogP contribution < -0.4 is 10.6 Å². The molecule has 2 amide bonds. The fourth-order valence-corrected chi connectivity index (χ4v) is 4.12. The molecule has 1 saturated heterocycles. The third-order valence-electron chi connectivity index (χ3n) is 4.32. The van der Waals surface area contributed by atoms with Gasteiger partial charge in [0.1, 0.15) is 5.82 Å². The number of carbonyl (C=O) groups is 1. The molecule has 2 aromatic carbocycles. The first-order valence-electron chi connectivity index (χ1n) is 8.72. The Balaban J connectivity index is 1.56. The van der Waals surface area contributed by atoms with E-state index in [1.807, 2.05) is 0 Å². The summed E-state index contributed by atoms with van der Waals surface area (Å²) in [6.45, 7) is 1.29. The van der Waals surface area contributed by atoms with E-state index >= 15 is 0 Å². The van der Waals surface area contributed by atoms with E-state index in [1.165, 1.54) is 36.4 Å². The zero-order valence-electron chi connectivity index (χ0n) is 14.7. The average Bonchev–Trinajstić information content (AvgIpc) is 3.16. The van der Waals surface area contributed by atoms with Crippen molar-refractivity contribution in [3.63, 3.8) is 0 Å². The Hall–Kier alpha value is -2.45. The van der Waals surface area contributed by atoms with Crippen LogP contribution in [0.15, 0.2) is 58.3 Å². The van der Waals surface area contributed by atoms with E-state index in [1.54, 1.807) is 0 Å². The molecule has 8 heteroatoms. The van der Waals surface area contributed by atoms with Gasteiger partial charge in [0.2, 0.25) is 9.84 Å². The lowest BCUT2D eigenvalue weighted by molar-refractivity contribution is 0.105. The highest BCUT2D eigenvalue weighted by Gasteiger charge is 2.18. The zero-order chi connectivity index (χ0) is 19.3. The van der Waals surface area contributed by atoms with Gasteiger partial charge in [0.15, 0.2) is 0 Å². The number of amides is 2. The van der Waals surface area contributed by atoms with Gasteiger partial charge >= 0.3 is 6.03 Å². The Bertz CT molecular complexity index is 877. The van der Waals surface area contributed by atoms with Gasteiger partial charge in [-0.15, -0.1) is 0 Å². The van der Waals surface area contributed by atoms with E-state index in [0.717, 1.165) is 38.0 Å². The van der Waals surface area contributed by atoms with Crippen LogP contribution in [0.3, 0.4) is 0 Å². The van der Waals surface area contributed by atoms with Gasteiger partial charge in [0.25, 0.3) is 0 Å². The van der Waals surface area contributed by atoms with Gasteiger partial charge in [-0.2, -0.15) is 0 Å². The molecule has 1 fully saturated rings. The largest absolute Gasteiger partial charge is 0.378 e. The Morgan fingerprint density at radius 3 is 2.30 bits per heavy atom. The maximum atomic E-state index is 13.0. The number of hydrogen-bond acceptors (Lipinski definition) is 4. The predicted octanol–water partition coefficient (Wildman–Crippen LogP) is 3.35. The van der Waals surface area contributed by atoms with Crippen LogP contribution >= 0.6 is 0 Å². The standard InChI is InChI=1S/C19H21FN2O4S/c20-14-3-7-17(8-4-14)27(24,25)18-9-5-15(6-10-18)22-19(23)21-12-11-16-2-1-13-26-16/h3-10,16H,1-2,11-13H2,(H2,21,22,23). The lowest BCUT2D eigenvalue weighted by Crippen LogP contribution is -2.31. The molecular formula is C19H21FN2O4S. The Morgan fingerprint density at radius 2 is 1.70 bits per heavy atom. The fourth-order valence-electron chi connectivity index (χ4n) is 2.86. The van der Waals surface area contributed by atoms with Gasteiger partial charge in [-0.1, -0.05) is 0 Å². The van der Waals surface area contributed by atoms with Crippen molar-refractivity contribution < 1.29 is 22.3 Å². The number of hydrogen-bond donors (Lipinski definition) is 2. The van der Waals surface area contributed by atoms with Crippen molar-refractivity contribution in [2.24, 2.45) is 0 Å². The number of urea groups is 1. The predicted molar refractivity (Wildman–Crippen MR) is 98.9 cm³/mol. The van der Waals surface area contributed by atoms with Gasteiger partial charge in [-0.3, -0.25) is 0 Å². The summed E-state index contributed by atoms with van der Waals surface area (Å²) in [4.78, 5) is 12.0. The van der Waals surface area contributed by atoms with E-state index in [9.17, 15) is 17.6 Å². The van der Waals surface area contributed by atoms with Crippen molar-refractivity contribution in [3.05, 3.63) is 54.3 Å². The summed E-state index contributed by atoms with van der Waals surface area (Å²) in [6, 6.07) is 10.1. The number of carbonyl (C=O) groups excluding carboxylic acids is 1. The SMILES string of the molecule is O=C(NCCC1CCCO1)Nc1ccc(S(=O)(=O)c2ccc(F)cc2)cc1. The number of anilines is 1. The number of nitrogens with one attached hydrogen (secondary N) is 2. The molecule has 27 heavy (non-hydrogen) atoms. The van der Waals surface area contributed by atoms with Crippen LogP contribution in [0.4, 0.5) is 14.9 Å². The van der Waals surface area contributed by atoms with Gasteiger partial charge in [-0.05, 0) is 67.8 Å². The van der Waals surface area contributed by atoms with E-state index in [0.29, 0.717) is 12.2 Å². The molecule has 1 atom stereocenters. The summed E-state index contributed by atoms with van der Waals surface area (Å²) in [6.07, 6.45) is 3.06. The molecule has 1 aliphatic heterocycles. The molecule has 144 valence electrons. The summed E-state index contributed by atoms with van der Waals surface area (Å²) in [5, 5.41) is 5.41. The minimum absolute atomic E-state index is 0.0106. The molecule has 1 unspecified atom stereocenters. The summed E-state index contributed by atoms with van der Waals surface area (Å²) in [5.41, 5.74) is 0.475. The van der Waals surface area contributed by atoms with E-state index in [-0.39, 0.29) is 21.9 Å². The molecule has 3 rings (SSSR count).